The zero-order valence-corrected chi connectivity index (χ0v) is 30.1. The second-order valence-corrected chi connectivity index (χ2v) is 13.3. The molecule has 0 saturated heterocycles. The highest BCUT2D eigenvalue weighted by Crippen LogP contribution is 2.47. The lowest BCUT2D eigenvalue weighted by Gasteiger charge is -2.26. The predicted octanol–water partition coefficient (Wildman–Crippen LogP) is 10.2. The number of methoxy groups -OCH3 is 1. The van der Waals surface area contributed by atoms with Crippen LogP contribution >= 0.6 is 0 Å². The van der Waals surface area contributed by atoms with Crippen LogP contribution < -0.4 is 24.5 Å². The number of rotatable bonds is 15. The molecule has 0 atom stereocenters. The van der Waals surface area contributed by atoms with E-state index in [-0.39, 0.29) is 5.41 Å². The van der Waals surface area contributed by atoms with Gasteiger partial charge in [0.15, 0.2) is 12.4 Å². The standard InChI is InChI=1S/C43H48N7O/c1-43(2)40-16-10-11-17-41(40)50(42(43)33-44-47-37-20-18-35(19-21-37)46-36-22-24-39(51-4)25-23-36)29-13-6-5-12-28-49-30-26-34(27-31-49)32-45-48(3)38-14-8-7-9-15-38/h7-11,14-27,30-33,46H,5-6,12-13,28-29H2,1-4H3/q+1/b42-33+,47-44?. The number of allylic oxidation sites excluding steroid dienone is 1. The average Bonchev–Trinajstić information content (AvgIpc) is 3.38. The van der Waals surface area contributed by atoms with Gasteiger partial charge in [-0.15, -0.1) is 0 Å². The molecule has 0 amide bonds. The fraction of sp³-hybridized carbons (Fsp3) is 0.256. The molecule has 2 heterocycles. The molecule has 0 radical (unpaired) electrons. The lowest BCUT2D eigenvalue weighted by atomic mass is 9.84. The van der Waals surface area contributed by atoms with Crippen LogP contribution in [0.1, 0.15) is 50.7 Å². The molecule has 0 saturated carbocycles. The first-order chi connectivity index (χ1) is 24.9. The SMILES string of the molecule is COc1ccc(Nc2ccc(N=N/C=C3/N(CCCCCC[n+]4ccc(/C=N/N(C)c5ccccc5)cc4)c4ccccc4C3(C)C)cc2)cc1. The zero-order valence-electron chi connectivity index (χ0n) is 30.1. The highest BCUT2D eigenvalue weighted by Gasteiger charge is 2.39. The van der Waals surface area contributed by atoms with Gasteiger partial charge in [0, 0.05) is 65.9 Å². The van der Waals surface area contributed by atoms with Gasteiger partial charge in [-0.2, -0.15) is 15.3 Å². The number of ether oxygens (including phenoxy) is 1. The van der Waals surface area contributed by atoms with Crippen molar-refractivity contribution in [3.8, 4) is 5.75 Å². The van der Waals surface area contributed by atoms with Gasteiger partial charge in [-0.1, -0.05) is 56.7 Å². The molecule has 8 heteroatoms. The van der Waals surface area contributed by atoms with Crippen molar-refractivity contribution in [3.63, 3.8) is 0 Å². The number of benzene rings is 4. The Hall–Kier alpha value is -5.76. The van der Waals surface area contributed by atoms with Gasteiger partial charge >= 0.3 is 0 Å². The van der Waals surface area contributed by atoms with Crippen LogP contribution in [0.2, 0.25) is 0 Å². The summed E-state index contributed by atoms with van der Waals surface area (Å²) in [7, 11) is 3.63. The number of para-hydroxylation sites is 2. The van der Waals surface area contributed by atoms with Gasteiger partial charge in [0.2, 0.25) is 0 Å². The predicted molar refractivity (Wildman–Crippen MR) is 210 cm³/mol. The summed E-state index contributed by atoms with van der Waals surface area (Å²) in [5.74, 6) is 0.834. The number of unbranched alkanes of at least 4 members (excludes halogenated alkanes) is 3. The lowest BCUT2D eigenvalue weighted by molar-refractivity contribution is -0.697. The summed E-state index contributed by atoms with van der Waals surface area (Å²) in [6, 6.07) is 39.0. The third kappa shape index (κ3) is 9.08. The Morgan fingerprint density at radius 3 is 2.18 bits per heavy atom. The molecule has 260 valence electrons. The highest BCUT2D eigenvalue weighted by molar-refractivity contribution is 5.79. The Morgan fingerprint density at radius 1 is 0.784 bits per heavy atom. The van der Waals surface area contributed by atoms with Crippen LogP contribution in [0.5, 0.6) is 5.75 Å². The maximum atomic E-state index is 5.25. The molecule has 4 aromatic carbocycles. The Morgan fingerprint density at radius 2 is 1.45 bits per heavy atom. The van der Waals surface area contributed by atoms with Gasteiger partial charge in [0.1, 0.15) is 12.3 Å². The largest absolute Gasteiger partial charge is 0.497 e. The van der Waals surface area contributed by atoms with E-state index < -0.39 is 0 Å². The Bertz CT molecular complexity index is 1930. The van der Waals surface area contributed by atoms with Crippen molar-refractivity contribution in [1.29, 1.82) is 0 Å². The number of aromatic nitrogens is 1. The van der Waals surface area contributed by atoms with E-state index in [1.54, 1.807) is 7.11 Å². The van der Waals surface area contributed by atoms with Crippen LogP contribution in [0, 0.1) is 0 Å². The molecule has 0 spiro atoms. The first-order valence-electron chi connectivity index (χ1n) is 17.7. The Kier molecular flexibility index (Phi) is 11.5. The number of hydrogen-bond acceptors (Lipinski definition) is 7. The van der Waals surface area contributed by atoms with Crippen molar-refractivity contribution in [3.05, 3.63) is 151 Å². The Balaban J connectivity index is 0.998. The quantitative estimate of drug-likeness (QED) is 0.0393. The van der Waals surface area contributed by atoms with Crippen LogP contribution in [-0.4, -0.2) is 26.9 Å². The molecule has 1 N–H and O–H groups in total. The molecular weight excluding hydrogens is 631 g/mol. The van der Waals surface area contributed by atoms with Crippen LogP contribution in [0.15, 0.2) is 155 Å². The number of fused-ring (bicyclic) bond motifs is 1. The highest BCUT2D eigenvalue weighted by atomic mass is 16.5. The van der Waals surface area contributed by atoms with Gasteiger partial charge in [-0.3, -0.25) is 5.01 Å². The molecule has 1 aromatic heterocycles. The molecule has 5 aromatic rings. The minimum Gasteiger partial charge on any atom is -0.497 e. The zero-order chi connectivity index (χ0) is 35.5. The van der Waals surface area contributed by atoms with Crippen LogP contribution in [0.4, 0.5) is 28.4 Å². The maximum absolute atomic E-state index is 5.25. The summed E-state index contributed by atoms with van der Waals surface area (Å²) in [6.07, 6.45) is 12.7. The van der Waals surface area contributed by atoms with Gasteiger partial charge in [-0.05, 0) is 85.1 Å². The van der Waals surface area contributed by atoms with Crippen molar-refractivity contribution in [2.45, 2.75) is 51.5 Å². The molecule has 0 unspecified atom stereocenters. The van der Waals surface area contributed by atoms with Crippen molar-refractivity contribution in [1.82, 2.24) is 0 Å². The van der Waals surface area contributed by atoms with E-state index in [2.05, 4.69) is 105 Å². The topological polar surface area (TPSA) is 68.7 Å². The van der Waals surface area contributed by atoms with Crippen LogP contribution in [-0.2, 0) is 12.0 Å². The van der Waals surface area contributed by atoms with Crippen molar-refractivity contribution in [2.75, 3.05) is 35.9 Å². The number of hydrazone groups is 1. The third-order valence-corrected chi connectivity index (χ3v) is 9.37. The summed E-state index contributed by atoms with van der Waals surface area (Å²) in [5, 5.41) is 19.0. The van der Waals surface area contributed by atoms with E-state index in [0.29, 0.717) is 0 Å². The fourth-order valence-corrected chi connectivity index (χ4v) is 6.40. The van der Waals surface area contributed by atoms with E-state index in [4.69, 9.17) is 4.74 Å². The Labute approximate surface area is 302 Å². The van der Waals surface area contributed by atoms with E-state index in [1.807, 2.05) is 91.2 Å². The molecule has 1 aliphatic heterocycles. The van der Waals surface area contributed by atoms with E-state index in [1.165, 1.54) is 29.8 Å². The van der Waals surface area contributed by atoms with Crippen molar-refractivity contribution in [2.24, 2.45) is 15.3 Å². The average molecular weight is 679 g/mol. The van der Waals surface area contributed by atoms with Crippen LogP contribution in [0.25, 0.3) is 0 Å². The smallest absolute Gasteiger partial charge is 0.169 e. The fourth-order valence-electron chi connectivity index (χ4n) is 6.40. The van der Waals surface area contributed by atoms with Gasteiger partial charge < -0.3 is 15.0 Å². The number of aryl methyl sites for hydroxylation is 1. The number of anilines is 4. The van der Waals surface area contributed by atoms with Crippen molar-refractivity contribution >= 4 is 34.7 Å². The summed E-state index contributed by atoms with van der Waals surface area (Å²) >= 11 is 0. The molecular formula is C43H48N7O+. The third-order valence-electron chi connectivity index (χ3n) is 9.37. The summed E-state index contributed by atoms with van der Waals surface area (Å²) in [5.41, 5.74) is 8.56. The normalized spacial score (nSPS) is 14.4. The van der Waals surface area contributed by atoms with E-state index in [9.17, 15) is 0 Å². The van der Waals surface area contributed by atoms with Gasteiger partial charge in [0.05, 0.1) is 30.9 Å². The minimum atomic E-state index is -0.160. The first kappa shape index (κ1) is 35.1. The molecule has 0 bridgehead atoms. The molecule has 0 fully saturated rings. The second-order valence-electron chi connectivity index (χ2n) is 13.3. The monoisotopic (exact) mass is 678 g/mol. The minimum absolute atomic E-state index is 0.160. The van der Waals surface area contributed by atoms with E-state index >= 15 is 0 Å². The van der Waals surface area contributed by atoms with Crippen molar-refractivity contribution < 1.29 is 9.30 Å². The number of nitrogens with one attached hydrogen (secondary N) is 1. The van der Waals surface area contributed by atoms with Gasteiger partial charge in [-0.25, -0.2) is 4.57 Å². The first-order valence-corrected chi connectivity index (χ1v) is 17.7. The number of pyridine rings is 1. The number of azo groups is 1. The van der Waals surface area contributed by atoms with Crippen LogP contribution in [0.3, 0.4) is 0 Å². The maximum Gasteiger partial charge on any atom is 0.169 e. The molecule has 1 aliphatic rings. The molecule has 6 rings (SSSR count). The molecule has 8 nitrogen and oxygen atoms in total. The lowest BCUT2D eigenvalue weighted by Crippen LogP contribution is -2.32. The summed E-state index contributed by atoms with van der Waals surface area (Å²) < 4.78 is 7.51. The second kappa shape index (κ2) is 16.8. The summed E-state index contributed by atoms with van der Waals surface area (Å²) in [6.45, 7) is 6.52. The summed E-state index contributed by atoms with van der Waals surface area (Å²) in [4.78, 5) is 2.44. The molecule has 51 heavy (non-hydrogen) atoms. The van der Waals surface area contributed by atoms with E-state index in [0.717, 1.165) is 60.0 Å². The number of nitrogens with zero attached hydrogens (tertiary/aromatic N) is 6. The van der Waals surface area contributed by atoms with Gasteiger partial charge in [0.25, 0.3) is 0 Å². The molecule has 0 aliphatic carbocycles. The number of hydrogen-bond donors (Lipinski definition) is 1.